The van der Waals surface area contributed by atoms with Crippen molar-refractivity contribution in [2.45, 2.75) is 12.6 Å². The van der Waals surface area contributed by atoms with E-state index in [1.54, 1.807) is 12.1 Å². The molecule has 3 nitrogen and oxygen atoms in total. The number of hydrogen-bond acceptors (Lipinski definition) is 3. The predicted octanol–water partition coefficient (Wildman–Crippen LogP) is 4.04. The lowest BCUT2D eigenvalue weighted by Gasteiger charge is -2.13. The van der Waals surface area contributed by atoms with Crippen molar-refractivity contribution in [1.82, 2.24) is 0 Å². The third kappa shape index (κ3) is 4.07. The average Bonchev–Trinajstić information content (AvgIpc) is 2.46. The molecule has 0 aliphatic rings. The highest BCUT2D eigenvalue weighted by atomic mass is 19.4. The third-order valence-electron chi connectivity index (χ3n) is 3.07. The number of methoxy groups -OCH3 is 1. The largest absolute Gasteiger partial charge is 0.508 e. The molecule has 2 aromatic carbocycles. The first-order valence-electron chi connectivity index (χ1n) is 6.56. The van der Waals surface area contributed by atoms with Gasteiger partial charge < -0.3 is 14.6 Å². The minimum atomic E-state index is -4.40. The Balaban J connectivity index is 2.03. The van der Waals surface area contributed by atoms with Gasteiger partial charge in [-0.2, -0.15) is 13.2 Å². The van der Waals surface area contributed by atoms with Gasteiger partial charge in [-0.15, -0.1) is 0 Å². The molecule has 22 heavy (non-hydrogen) atoms. The molecular formula is C16H15F3O3. The van der Waals surface area contributed by atoms with Gasteiger partial charge in [-0.3, -0.25) is 0 Å². The van der Waals surface area contributed by atoms with Crippen LogP contribution in [0.4, 0.5) is 13.2 Å². The van der Waals surface area contributed by atoms with Gasteiger partial charge >= 0.3 is 6.18 Å². The van der Waals surface area contributed by atoms with Crippen LogP contribution in [0.25, 0.3) is 0 Å². The van der Waals surface area contributed by atoms with Crippen LogP contribution < -0.4 is 9.47 Å². The molecule has 0 aliphatic carbocycles. The van der Waals surface area contributed by atoms with Crippen molar-refractivity contribution in [3.63, 3.8) is 0 Å². The molecule has 0 radical (unpaired) electrons. The highest BCUT2D eigenvalue weighted by molar-refractivity contribution is 5.39. The summed E-state index contributed by atoms with van der Waals surface area (Å²) in [5.74, 6) is 0.754. The molecule has 0 fully saturated rings. The fourth-order valence-electron chi connectivity index (χ4n) is 1.98. The molecule has 1 N–H and O–H groups in total. The summed E-state index contributed by atoms with van der Waals surface area (Å²) in [6.07, 6.45) is -4.01. The first kappa shape index (κ1) is 16.0. The Morgan fingerprint density at radius 1 is 1.09 bits per heavy atom. The van der Waals surface area contributed by atoms with E-state index in [-0.39, 0.29) is 18.1 Å². The molecule has 0 spiro atoms. The molecule has 2 rings (SSSR count). The lowest BCUT2D eigenvalue weighted by atomic mass is 10.1. The summed E-state index contributed by atoms with van der Waals surface area (Å²) >= 11 is 0. The molecule has 0 bridgehead atoms. The summed E-state index contributed by atoms with van der Waals surface area (Å²) in [4.78, 5) is 0. The molecule has 6 heteroatoms. The van der Waals surface area contributed by atoms with Crippen molar-refractivity contribution in [3.8, 4) is 17.2 Å². The summed E-state index contributed by atoms with van der Waals surface area (Å²) in [6, 6.07) is 9.69. The molecule has 0 aliphatic heterocycles. The van der Waals surface area contributed by atoms with E-state index < -0.39 is 11.7 Å². The Morgan fingerprint density at radius 3 is 2.50 bits per heavy atom. The lowest BCUT2D eigenvalue weighted by Crippen LogP contribution is -2.07. The maximum Gasteiger partial charge on any atom is 0.416 e. The maximum absolute atomic E-state index is 12.6. The van der Waals surface area contributed by atoms with E-state index in [1.807, 2.05) is 0 Å². The summed E-state index contributed by atoms with van der Waals surface area (Å²) in [5.41, 5.74) is -0.127. The van der Waals surface area contributed by atoms with Gasteiger partial charge in [0.25, 0.3) is 0 Å². The smallest absolute Gasteiger partial charge is 0.416 e. The van der Waals surface area contributed by atoms with Crippen molar-refractivity contribution in [3.05, 3.63) is 53.6 Å². The van der Waals surface area contributed by atoms with E-state index in [2.05, 4.69) is 0 Å². The summed E-state index contributed by atoms with van der Waals surface area (Å²) in [5, 5.41) is 9.31. The summed E-state index contributed by atoms with van der Waals surface area (Å²) in [7, 11) is 1.33. The van der Waals surface area contributed by atoms with Crippen LogP contribution in [-0.2, 0) is 12.6 Å². The molecule has 0 saturated carbocycles. The van der Waals surface area contributed by atoms with Crippen LogP contribution in [0.2, 0.25) is 0 Å². The molecule has 0 amide bonds. The number of aromatic hydroxyl groups is 1. The van der Waals surface area contributed by atoms with Crippen LogP contribution in [-0.4, -0.2) is 18.8 Å². The van der Waals surface area contributed by atoms with Crippen LogP contribution >= 0.6 is 0 Å². The van der Waals surface area contributed by atoms with Crippen LogP contribution in [0, 0.1) is 0 Å². The zero-order valence-corrected chi connectivity index (χ0v) is 11.9. The monoisotopic (exact) mass is 312 g/mol. The second-order valence-electron chi connectivity index (χ2n) is 4.62. The normalized spacial score (nSPS) is 11.3. The molecule has 2 aromatic rings. The zero-order chi connectivity index (χ0) is 16.2. The Labute approximate surface area is 125 Å². The van der Waals surface area contributed by atoms with Crippen LogP contribution in [0.1, 0.15) is 11.1 Å². The maximum atomic E-state index is 12.6. The SMILES string of the molecule is COc1cc(C(F)(F)F)ccc1CCOc1cccc(O)c1. The standard InChI is InChI=1S/C16H15F3O3/c1-21-15-9-12(16(17,18)19)6-5-11(15)7-8-22-14-4-2-3-13(20)10-14/h2-6,9-10,20H,7-8H2,1H3. The quantitative estimate of drug-likeness (QED) is 0.905. The minimum Gasteiger partial charge on any atom is -0.508 e. The molecule has 0 aromatic heterocycles. The number of phenolic OH excluding ortho intramolecular Hbond substituents is 1. The van der Waals surface area contributed by atoms with Crippen LogP contribution in [0.3, 0.4) is 0 Å². The topological polar surface area (TPSA) is 38.7 Å². The van der Waals surface area contributed by atoms with Crippen molar-refractivity contribution in [2.24, 2.45) is 0 Å². The molecular weight excluding hydrogens is 297 g/mol. The van der Waals surface area contributed by atoms with Crippen molar-refractivity contribution >= 4 is 0 Å². The second kappa shape index (κ2) is 6.60. The summed E-state index contributed by atoms with van der Waals surface area (Å²) < 4.78 is 48.4. The number of phenols is 1. The zero-order valence-electron chi connectivity index (χ0n) is 11.9. The van der Waals surface area contributed by atoms with E-state index >= 15 is 0 Å². The van der Waals surface area contributed by atoms with Crippen molar-refractivity contribution in [1.29, 1.82) is 0 Å². The lowest BCUT2D eigenvalue weighted by molar-refractivity contribution is -0.137. The minimum absolute atomic E-state index is 0.0876. The Bertz CT molecular complexity index is 639. The molecule has 0 unspecified atom stereocenters. The predicted molar refractivity (Wildman–Crippen MR) is 75.3 cm³/mol. The Hall–Kier alpha value is -2.37. The molecule has 0 heterocycles. The number of halogens is 3. The number of rotatable bonds is 5. The van der Waals surface area contributed by atoms with E-state index in [4.69, 9.17) is 9.47 Å². The van der Waals surface area contributed by atoms with Gasteiger partial charge in [0.2, 0.25) is 0 Å². The number of benzene rings is 2. The molecule has 0 saturated heterocycles. The second-order valence-corrected chi connectivity index (χ2v) is 4.62. The van der Waals surface area contributed by atoms with Gasteiger partial charge in [0.1, 0.15) is 17.2 Å². The van der Waals surface area contributed by atoms with Gasteiger partial charge in [0, 0.05) is 12.5 Å². The van der Waals surface area contributed by atoms with Crippen molar-refractivity contribution in [2.75, 3.05) is 13.7 Å². The van der Waals surface area contributed by atoms with Gasteiger partial charge in [-0.1, -0.05) is 12.1 Å². The first-order chi connectivity index (χ1) is 10.4. The Morgan fingerprint density at radius 2 is 1.86 bits per heavy atom. The molecule has 0 atom stereocenters. The molecule has 118 valence electrons. The van der Waals surface area contributed by atoms with E-state index in [1.165, 1.54) is 25.3 Å². The van der Waals surface area contributed by atoms with Gasteiger partial charge in [0.05, 0.1) is 19.3 Å². The van der Waals surface area contributed by atoms with Gasteiger partial charge in [-0.05, 0) is 29.8 Å². The average molecular weight is 312 g/mol. The number of alkyl halides is 3. The van der Waals surface area contributed by atoms with Crippen molar-refractivity contribution < 1.29 is 27.8 Å². The van der Waals surface area contributed by atoms with E-state index in [9.17, 15) is 18.3 Å². The fraction of sp³-hybridized carbons (Fsp3) is 0.250. The number of ether oxygens (including phenoxy) is 2. The van der Waals surface area contributed by atoms with Gasteiger partial charge in [0.15, 0.2) is 0 Å². The number of hydrogen-bond donors (Lipinski definition) is 1. The highest BCUT2D eigenvalue weighted by Crippen LogP contribution is 2.33. The fourth-order valence-corrected chi connectivity index (χ4v) is 1.98. The first-order valence-corrected chi connectivity index (χ1v) is 6.56. The third-order valence-corrected chi connectivity index (χ3v) is 3.07. The van der Waals surface area contributed by atoms with E-state index in [0.717, 1.165) is 12.1 Å². The van der Waals surface area contributed by atoms with E-state index in [0.29, 0.717) is 17.7 Å². The highest BCUT2D eigenvalue weighted by Gasteiger charge is 2.31. The van der Waals surface area contributed by atoms with Crippen LogP contribution in [0.5, 0.6) is 17.2 Å². The van der Waals surface area contributed by atoms with Gasteiger partial charge in [-0.25, -0.2) is 0 Å². The Kier molecular flexibility index (Phi) is 4.80. The van der Waals surface area contributed by atoms with Crippen LogP contribution in [0.15, 0.2) is 42.5 Å². The summed E-state index contributed by atoms with van der Waals surface area (Å²) in [6.45, 7) is 0.255.